The van der Waals surface area contributed by atoms with Crippen molar-refractivity contribution in [3.05, 3.63) is 71.1 Å². The van der Waals surface area contributed by atoms with Crippen LogP contribution in [0.4, 0.5) is 4.39 Å². The van der Waals surface area contributed by atoms with Gasteiger partial charge in [-0.3, -0.25) is 4.79 Å². The summed E-state index contributed by atoms with van der Waals surface area (Å²) in [5.41, 5.74) is 2.43. The second kappa shape index (κ2) is 9.51. The van der Waals surface area contributed by atoms with E-state index in [1.165, 1.54) is 12.1 Å². The zero-order valence-corrected chi connectivity index (χ0v) is 16.5. The molecule has 0 fully saturated rings. The lowest BCUT2D eigenvalue weighted by Crippen LogP contribution is -2.26. The minimum atomic E-state index is -0.317. The molecule has 3 rings (SSSR count). The highest BCUT2D eigenvalue weighted by Gasteiger charge is 2.17. The fraction of sp³-hybridized carbons (Fsp3) is 0.273. The van der Waals surface area contributed by atoms with Gasteiger partial charge < -0.3 is 5.32 Å². The molecular formula is C22H23ClFN3O. The number of rotatable bonds is 8. The van der Waals surface area contributed by atoms with Crippen molar-refractivity contribution >= 4 is 17.5 Å². The van der Waals surface area contributed by atoms with E-state index >= 15 is 0 Å². The highest BCUT2D eigenvalue weighted by Crippen LogP contribution is 2.23. The molecule has 1 aromatic heterocycles. The Morgan fingerprint density at radius 1 is 1.11 bits per heavy atom. The largest absolute Gasteiger partial charge is 0.351 e. The number of nitrogens with one attached hydrogen (secondary N) is 1. The SMILES string of the molecule is CCCCCCNC(=O)c1cc(-c2ccc(F)cc2)nn1-c1cccc(Cl)c1. The molecule has 0 bridgehead atoms. The summed E-state index contributed by atoms with van der Waals surface area (Å²) in [4.78, 5) is 12.8. The lowest BCUT2D eigenvalue weighted by atomic mass is 10.1. The monoisotopic (exact) mass is 399 g/mol. The molecule has 0 atom stereocenters. The lowest BCUT2D eigenvalue weighted by molar-refractivity contribution is 0.0945. The van der Waals surface area contributed by atoms with Gasteiger partial charge in [0, 0.05) is 17.1 Å². The fourth-order valence-corrected chi connectivity index (χ4v) is 3.14. The maximum Gasteiger partial charge on any atom is 0.270 e. The third-order valence-corrected chi connectivity index (χ3v) is 4.69. The van der Waals surface area contributed by atoms with Crippen LogP contribution in [-0.4, -0.2) is 22.2 Å². The van der Waals surface area contributed by atoms with Gasteiger partial charge in [-0.25, -0.2) is 9.07 Å². The maximum absolute atomic E-state index is 13.2. The molecule has 28 heavy (non-hydrogen) atoms. The first kappa shape index (κ1) is 20.1. The van der Waals surface area contributed by atoms with Gasteiger partial charge in [0.25, 0.3) is 5.91 Å². The second-order valence-electron chi connectivity index (χ2n) is 6.63. The molecule has 1 N–H and O–H groups in total. The Bertz CT molecular complexity index is 937. The number of hydrogen-bond donors (Lipinski definition) is 1. The summed E-state index contributed by atoms with van der Waals surface area (Å²) in [6, 6.07) is 14.9. The molecule has 1 heterocycles. The summed E-state index contributed by atoms with van der Waals surface area (Å²) >= 11 is 6.12. The third kappa shape index (κ3) is 4.98. The number of amides is 1. The van der Waals surface area contributed by atoms with Gasteiger partial charge in [-0.1, -0.05) is 43.9 Å². The van der Waals surface area contributed by atoms with Crippen molar-refractivity contribution in [3.8, 4) is 16.9 Å². The Labute approximate surface area is 169 Å². The second-order valence-corrected chi connectivity index (χ2v) is 7.07. The van der Waals surface area contributed by atoms with E-state index in [0.717, 1.165) is 31.2 Å². The van der Waals surface area contributed by atoms with E-state index in [4.69, 9.17) is 11.6 Å². The number of carbonyl (C=O) groups excluding carboxylic acids is 1. The average Bonchev–Trinajstić information content (AvgIpc) is 3.14. The van der Waals surface area contributed by atoms with Crippen molar-refractivity contribution in [2.24, 2.45) is 0 Å². The van der Waals surface area contributed by atoms with Crippen LogP contribution in [0, 0.1) is 5.82 Å². The number of hydrogen-bond acceptors (Lipinski definition) is 2. The molecule has 0 radical (unpaired) electrons. The van der Waals surface area contributed by atoms with Gasteiger partial charge in [0.1, 0.15) is 11.5 Å². The predicted molar refractivity (Wildman–Crippen MR) is 110 cm³/mol. The van der Waals surface area contributed by atoms with Crippen LogP contribution >= 0.6 is 11.6 Å². The number of unbranched alkanes of at least 4 members (excludes halogenated alkanes) is 3. The number of nitrogens with zero attached hydrogens (tertiary/aromatic N) is 2. The molecule has 6 heteroatoms. The van der Waals surface area contributed by atoms with Gasteiger partial charge in [0.2, 0.25) is 0 Å². The Morgan fingerprint density at radius 2 is 1.89 bits per heavy atom. The molecule has 0 saturated heterocycles. The number of carbonyl (C=O) groups is 1. The van der Waals surface area contributed by atoms with E-state index in [1.807, 2.05) is 12.1 Å². The number of halogens is 2. The minimum absolute atomic E-state index is 0.197. The maximum atomic E-state index is 13.2. The summed E-state index contributed by atoms with van der Waals surface area (Å²) in [5.74, 6) is -0.514. The highest BCUT2D eigenvalue weighted by molar-refractivity contribution is 6.30. The molecule has 3 aromatic rings. The van der Waals surface area contributed by atoms with Crippen LogP contribution in [0.3, 0.4) is 0 Å². The van der Waals surface area contributed by atoms with Crippen LogP contribution in [0.5, 0.6) is 0 Å². The molecule has 0 aliphatic carbocycles. The van der Waals surface area contributed by atoms with Crippen LogP contribution < -0.4 is 5.32 Å². The van der Waals surface area contributed by atoms with Gasteiger partial charge >= 0.3 is 0 Å². The van der Waals surface area contributed by atoms with E-state index in [0.29, 0.717) is 28.6 Å². The van der Waals surface area contributed by atoms with Gasteiger partial charge in [0.05, 0.1) is 11.4 Å². The fourth-order valence-electron chi connectivity index (χ4n) is 2.95. The van der Waals surface area contributed by atoms with Crippen molar-refractivity contribution in [2.45, 2.75) is 32.6 Å². The summed E-state index contributed by atoms with van der Waals surface area (Å²) < 4.78 is 14.8. The molecule has 146 valence electrons. The van der Waals surface area contributed by atoms with Crippen molar-refractivity contribution in [1.29, 1.82) is 0 Å². The van der Waals surface area contributed by atoms with Crippen LogP contribution in [-0.2, 0) is 0 Å². The molecule has 4 nitrogen and oxygen atoms in total. The van der Waals surface area contributed by atoms with Crippen molar-refractivity contribution < 1.29 is 9.18 Å². The number of benzene rings is 2. The molecule has 0 spiro atoms. The normalized spacial score (nSPS) is 10.8. The van der Waals surface area contributed by atoms with Gasteiger partial charge in [-0.05, 0) is 55.0 Å². The molecule has 0 unspecified atom stereocenters. The van der Waals surface area contributed by atoms with E-state index in [-0.39, 0.29) is 11.7 Å². The van der Waals surface area contributed by atoms with Gasteiger partial charge in [-0.15, -0.1) is 0 Å². The smallest absolute Gasteiger partial charge is 0.270 e. The first-order valence-electron chi connectivity index (χ1n) is 9.48. The van der Waals surface area contributed by atoms with Crippen molar-refractivity contribution in [1.82, 2.24) is 15.1 Å². The zero-order valence-electron chi connectivity index (χ0n) is 15.8. The van der Waals surface area contributed by atoms with Crippen molar-refractivity contribution in [2.75, 3.05) is 6.54 Å². The van der Waals surface area contributed by atoms with Crippen LogP contribution in [0.2, 0.25) is 5.02 Å². The van der Waals surface area contributed by atoms with Crippen LogP contribution in [0.15, 0.2) is 54.6 Å². The van der Waals surface area contributed by atoms with E-state index < -0.39 is 0 Å². The molecule has 0 saturated carbocycles. The topological polar surface area (TPSA) is 46.9 Å². The van der Waals surface area contributed by atoms with E-state index in [2.05, 4.69) is 17.3 Å². The summed E-state index contributed by atoms with van der Waals surface area (Å²) in [5, 5.41) is 8.10. The lowest BCUT2D eigenvalue weighted by Gasteiger charge is -2.08. The zero-order chi connectivity index (χ0) is 19.9. The molecule has 1 amide bonds. The minimum Gasteiger partial charge on any atom is -0.351 e. The van der Waals surface area contributed by atoms with Crippen LogP contribution in [0.1, 0.15) is 43.1 Å². The van der Waals surface area contributed by atoms with E-state index in [1.54, 1.807) is 35.0 Å². The summed E-state index contributed by atoms with van der Waals surface area (Å²) in [7, 11) is 0. The Balaban J connectivity index is 1.90. The first-order valence-corrected chi connectivity index (χ1v) is 9.86. The van der Waals surface area contributed by atoms with Crippen LogP contribution in [0.25, 0.3) is 16.9 Å². The first-order chi connectivity index (χ1) is 13.6. The molecular weight excluding hydrogens is 377 g/mol. The average molecular weight is 400 g/mol. The molecule has 2 aromatic carbocycles. The third-order valence-electron chi connectivity index (χ3n) is 4.45. The highest BCUT2D eigenvalue weighted by atomic mass is 35.5. The Hall–Kier alpha value is -2.66. The predicted octanol–water partition coefficient (Wildman–Crippen LogP) is 5.64. The van der Waals surface area contributed by atoms with E-state index in [9.17, 15) is 9.18 Å². The van der Waals surface area contributed by atoms with Gasteiger partial charge in [0.15, 0.2) is 0 Å². The van der Waals surface area contributed by atoms with Crippen molar-refractivity contribution in [3.63, 3.8) is 0 Å². The number of aromatic nitrogens is 2. The summed E-state index contributed by atoms with van der Waals surface area (Å²) in [6.07, 6.45) is 4.34. The van der Waals surface area contributed by atoms with Gasteiger partial charge in [-0.2, -0.15) is 5.10 Å². The Morgan fingerprint density at radius 3 is 2.61 bits per heavy atom. The molecule has 0 aliphatic heterocycles. The standard InChI is InChI=1S/C22H23ClFN3O/c1-2-3-4-5-13-25-22(28)21-15-20(16-9-11-18(24)12-10-16)26-27(21)19-8-6-7-17(23)14-19/h6-12,14-15H,2-5,13H2,1H3,(H,25,28). The molecule has 0 aliphatic rings. The Kier molecular flexibility index (Phi) is 6.82. The summed E-state index contributed by atoms with van der Waals surface area (Å²) in [6.45, 7) is 2.77. The quantitative estimate of drug-likeness (QED) is 0.498.